The maximum absolute atomic E-state index is 12.1. The Balaban J connectivity index is 1.53. The van der Waals surface area contributed by atoms with Crippen molar-refractivity contribution in [2.75, 3.05) is 7.11 Å². The molecular weight excluding hydrogens is 524 g/mol. The molecule has 0 aliphatic carbocycles. The molecule has 0 saturated heterocycles. The minimum absolute atomic E-state index is 0.0694. The van der Waals surface area contributed by atoms with Gasteiger partial charge in [0.1, 0.15) is 34.1 Å². The Morgan fingerprint density at radius 1 is 0.550 bits per heavy atom. The number of hydrogen-bond donors (Lipinski definition) is 3. The van der Waals surface area contributed by atoms with E-state index in [1.54, 1.807) is 48.5 Å². The van der Waals surface area contributed by atoms with Gasteiger partial charge < -0.3 is 24.8 Å². The number of rotatable bonds is 10. The van der Waals surface area contributed by atoms with Crippen molar-refractivity contribution in [3.05, 3.63) is 107 Å². The van der Waals surface area contributed by atoms with Crippen LogP contribution in [0.3, 0.4) is 0 Å². The van der Waals surface area contributed by atoms with E-state index in [0.29, 0.717) is 11.5 Å². The van der Waals surface area contributed by atoms with Gasteiger partial charge in [0.05, 0.1) is 18.2 Å². The number of ether oxygens (including phenoxy) is 2. The highest BCUT2D eigenvalue weighted by atomic mass is 17.2. The van der Waals surface area contributed by atoms with Crippen molar-refractivity contribution in [2.45, 2.75) is 0 Å². The Labute approximate surface area is 226 Å². The third-order valence-electron chi connectivity index (χ3n) is 5.59. The molecule has 0 radical (unpaired) electrons. The summed E-state index contributed by atoms with van der Waals surface area (Å²) in [6, 6.07) is 21.4. The zero-order chi connectivity index (χ0) is 28.8. The van der Waals surface area contributed by atoms with Crippen LogP contribution in [0.15, 0.2) is 84.9 Å². The van der Waals surface area contributed by atoms with Crippen LogP contribution in [0.2, 0.25) is 0 Å². The van der Waals surface area contributed by atoms with Crippen LogP contribution in [0.25, 0.3) is 11.1 Å². The fourth-order valence-corrected chi connectivity index (χ4v) is 3.83. The van der Waals surface area contributed by atoms with Crippen molar-refractivity contribution in [1.29, 1.82) is 0 Å². The average Bonchev–Trinajstić information content (AvgIpc) is 2.93. The van der Waals surface area contributed by atoms with E-state index < -0.39 is 29.4 Å². The molecule has 4 aromatic rings. The van der Waals surface area contributed by atoms with Gasteiger partial charge in [0.25, 0.3) is 0 Å². The molecule has 0 heterocycles. The van der Waals surface area contributed by atoms with Crippen LogP contribution in [0.5, 0.6) is 23.0 Å². The lowest BCUT2D eigenvalue weighted by atomic mass is 10.0. The second-order valence-electron chi connectivity index (χ2n) is 8.06. The quantitative estimate of drug-likeness (QED) is 0.164. The second kappa shape index (κ2) is 11.8. The minimum atomic E-state index is -1.43. The first-order chi connectivity index (χ1) is 19.2. The first-order valence-electron chi connectivity index (χ1n) is 11.5. The number of benzene rings is 4. The van der Waals surface area contributed by atoms with Crippen LogP contribution in [-0.4, -0.2) is 46.3 Å². The van der Waals surface area contributed by atoms with E-state index in [-0.39, 0.29) is 28.2 Å². The Hall–Kier alpha value is -5.68. The number of carboxylic acids is 3. The van der Waals surface area contributed by atoms with E-state index in [1.165, 1.54) is 36.4 Å². The van der Waals surface area contributed by atoms with E-state index in [1.807, 2.05) is 0 Å². The van der Waals surface area contributed by atoms with Gasteiger partial charge in [-0.05, 0) is 59.7 Å². The fourth-order valence-electron chi connectivity index (χ4n) is 3.83. The molecule has 0 saturated carbocycles. The third kappa shape index (κ3) is 5.90. The number of carboxylic acid groups (broad SMARTS) is 3. The van der Waals surface area contributed by atoms with Gasteiger partial charge in [-0.25, -0.2) is 19.2 Å². The summed E-state index contributed by atoms with van der Waals surface area (Å²) >= 11 is 0. The van der Waals surface area contributed by atoms with Gasteiger partial charge in [-0.3, -0.25) is 4.89 Å². The highest BCUT2D eigenvalue weighted by Gasteiger charge is 2.24. The third-order valence-corrected chi connectivity index (χ3v) is 5.59. The topological polar surface area (TPSA) is 166 Å². The molecule has 202 valence electrons. The maximum Gasteiger partial charge on any atom is 0.374 e. The van der Waals surface area contributed by atoms with Gasteiger partial charge in [0, 0.05) is 0 Å². The smallest absolute Gasteiger partial charge is 0.374 e. The molecule has 0 unspecified atom stereocenters. The van der Waals surface area contributed by atoms with Crippen molar-refractivity contribution < 1.29 is 53.7 Å². The summed E-state index contributed by atoms with van der Waals surface area (Å²) < 4.78 is 11.4. The molecule has 0 amide bonds. The van der Waals surface area contributed by atoms with Gasteiger partial charge in [0.2, 0.25) is 0 Å². The van der Waals surface area contributed by atoms with Crippen molar-refractivity contribution in [1.82, 2.24) is 0 Å². The molecule has 0 aromatic heterocycles. The molecule has 40 heavy (non-hydrogen) atoms. The highest BCUT2D eigenvalue weighted by molar-refractivity contribution is 6.04. The van der Waals surface area contributed by atoms with Crippen LogP contribution in [0, 0.1) is 0 Å². The summed E-state index contributed by atoms with van der Waals surface area (Å²) in [6.07, 6.45) is 0. The Bertz CT molecular complexity index is 1590. The normalized spacial score (nSPS) is 10.4. The lowest BCUT2D eigenvalue weighted by molar-refractivity contribution is -0.216. The summed E-state index contributed by atoms with van der Waals surface area (Å²) in [4.78, 5) is 55.7. The molecule has 0 spiro atoms. The van der Waals surface area contributed by atoms with Crippen LogP contribution < -0.4 is 9.47 Å². The lowest BCUT2D eigenvalue weighted by Gasteiger charge is -2.12. The maximum atomic E-state index is 12.1. The number of carbonyl (C=O) groups excluding carboxylic acids is 1. The van der Waals surface area contributed by atoms with E-state index in [0.717, 1.165) is 18.2 Å². The number of hydrogen-bond acceptors (Lipinski definition) is 8. The summed E-state index contributed by atoms with van der Waals surface area (Å²) in [7, 11) is 1.12. The SMILES string of the molecule is COOC(=O)c1cccc(Oc2ccc(-c3ccc(Oc4cccc(C(=O)O)c4C(=O)O)cc3)cc2)c1C(=O)O. The molecule has 0 aliphatic heterocycles. The summed E-state index contributed by atoms with van der Waals surface area (Å²) in [5, 5.41) is 28.4. The predicted molar refractivity (Wildman–Crippen MR) is 138 cm³/mol. The van der Waals surface area contributed by atoms with Gasteiger partial charge in [-0.1, -0.05) is 36.4 Å². The molecule has 4 rings (SSSR count). The summed E-state index contributed by atoms with van der Waals surface area (Å²) in [6.45, 7) is 0. The number of aromatic carboxylic acids is 3. The van der Waals surface area contributed by atoms with Crippen molar-refractivity contribution in [3.63, 3.8) is 0 Å². The summed E-state index contributed by atoms with van der Waals surface area (Å²) in [5.74, 6) is -4.76. The molecule has 11 heteroatoms. The van der Waals surface area contributed by atoms with Crippen LogP contribution >= 0.6 is 0 Å². The van der Waals surface area contributed by atoms with E-state index in [4.69, 9.17) is 9.47 Å². The van der Waals surface area contributed by atoms with E-state index in [9.17, 15) is 34.5 Å². The monoisotopic (exact) mass is 544 g/mol. The number of carbonyl (C=O) groups is 4. The first kappa shape index (κ1) is 27.4. The summed E-state index contributed by atoms with van der Waals surface area (Å²) in [5.41, 5.74) is 0.0732. The molecule has 0 fully saturated rings. The molecule has 0 bridgehead atoms. The fraction of sp³-hybridized carbons (Fsp3) is 0.0345. The molecule has 0 atom stereocenters. The standard InChI is InChI=1S/C29H20O11/c1-37-40-29(36)21-5-3-7-23(25(21)28(34)35)39-19-14-10-17(11-15-19)16-8-12-18(13-9-16)38-22-6-2-4-20(26(30)31)24(22)27(32)33/h2-15H,1H3,(H,30,31)(H,32,33)(H,34,35). The average molecular weight is 544 g/mol. The molecular formula is C29H20O11. The molecule has 4 aromatic carbocycles. The molecule has 3 N–H and O–H groups in total. The van der Waals surface area contributed by atoms with Gasteiger partial charge >= 0.3 is 23.9 Å². The first-order valence-corrected chi connectivity index (χ1v) is 11.5. The Kier molecular flexibility index (Phi) is 8.07. The van der Waals surface area contributed by atoms with Crippen LogP contribution in [0.1, 0.15) is 41.4 Å². The zero-order valence-corrected chi connectivity index (χ0v) is 20.7. The van der Waals surface area contributed by atoms with Gasteiger partial charge in [0.15, 0.2) is 0 Å². The highest BCUT2D eigenvalue weighted by Crippen LogP contribution is 2.32. The van der Waals surface area contributed by atoms with E-state index >= 15 is 0 Å². The zero-order valence-electron chi connectivity index (χ0n) is 20.7. The van der Waals surface area contributed by atoms with Crippen molar-refractivity contribution in [3.8, 4) is 34.1 Å². The largest absolute Gasteiger partial charge is 0.478 e. The molecule has 11 nitrogen and oxygen atoms in total. The van der Waals surface area contributed by atoms with Crippen molar-refractivity contribution >= 4 is 23.9 Å². The van der Waals surface area contributed by atoms with Crippen LogP contribution in [0.4, 0.5) is 0 Å². The second-order valence-corrected chi connectivity index (χ2v) is 8.06. The predicted octanol–water partition coefficient (Wildman–Crippen LogP) is 5.75. The van der Waals surface area contributed by atoms with Gasteiger partial charge in [-0.15, -0.1) is 0 Å². The van der Waals surface area contributed by atoms with Crippen LogP contribution in [-0.2, 0) is 9.78 Å². The Morgan fingerprint density at radius 2 is 0.975 bits per heavy atom. The van der Waals surface area contributed by atoms with E-state index in [2.05, 4.69) is 9.78 Å². The molecule has 0 aliphatic rings. The van der Waals surface area contributed by atoms with Gasteiger partial charge in [-0.2, -0.15) is 4.89 Å². The minimum Gasteiger partial charge on any atom is -0.478 e. The Morgan fingerprint density at radius 3 is 1.38 bits per heavy atom. The van der Waals surface area contributed by atoms with Crippen molar-refractivity contribution in [2.24, 2.45) is 0 Å². The lowest BCUT2D eigenvalue weighted by Crippen LogP contribution is -2.12.